The molecule has 4 rings (SSSR count). The zero-order chi connectivity index (χ0) is 32.4. The standard InChI is InChI=1S/C15H20Cl2N2O2.C9H18N2O2.C6H3Cl2I.CH4/c1-15(2,3)21-14(20)19-8-6-18(7-9-19)13-5-4-11(16)10-12(13)17;1-9(2,3)13-8(12)11-6-4-10-5-7-11;7-4-1-2-6(9)5(8)3-4;/h4-5,10H,6-9H2,1-3H3;10H,4-7H2,1-3H3;1-3H;1H4. The van der Waals surface area contributed by atoms with Gasteiger partial charge in [-0.15, -0.1) is 0 Å². The number of halogens is 5. The highest BCUT2D eigenvalue weighted by atomic mass is 127. The Bertz CT molecular complexity index is 1210. The van der Waals surface area contributed by atoms with E-state index >= 15 is 0 Å². The second-order valence-electron chi connectivity index (χ2n) is 11.8. The van der Waals surface area contributed by atoms with Crippen LogP contribution >= 0.6 is 69.0 Å². The number of amides is 2. The van der Waals surface area contributed by atoms with E-state index in [0.29, 0.717) is 33.2 Å². The van der Waals surface area contributed by atoms with Crippen LogP contribution in [0.1, 0.15) is 49.0 Å². The third-order valence-electron chi connectivity index (χ3n) is 5.83. The number of ether oxygens (including phenoxy) is 2. The highest BCUT2D eigenvalue weighted by molar-refractivity contribution is 14.1. The van der Waals surface area contributed by atoms with Gasteiger partial charge in [0.25, 0.3) is 0 Å². The lowest BCUT2D eigenvalue weighted by molar-refractivity contribution is 0.0223. The molecule has 0 aromatic heterocycles. The van der Waals surface area contributed by atoms with Crippen LogP contribution in [-0.2, 0) is 9.47 Å². The lowest BCUT2D eigenvalue weighted by Crippen LogP contribution is -2.50. The Balaban J connectivity index is 0.000000359. The number of carbonyl (C=O) groups is 2. The van der Waals surface area contributed by atoms with E-state index in [1.807, 2.05) is 65.8 Å². The predicted octanol–water partition coefficient (Wildman–Crippen LogP) is 9.11. The Labute approximate surface area is 296 Å². The topological polar surface area (TPSA) is 74.4 Å². The van der Waals surface area contributed by atoms with Crippen LogP contribution in [0.25, 0.3) is 0 Å². The number of hydrogen-bond acceptors (Lipinski definition) is 6. The van der Waals surface area contributed by atoms with Crippen LogP contribution in [0.4, 0.5) is 15.3 Å². The largest absolute Gasteiger partial charge is 0.444 e. The molecule has 2 aliphatic heterocycles. The monoisotopic (exact) mass is 804 g/mol. The van der Waals surface area contributed by atoms with Crippen LogP contribution in [0.15, 0.2) is 36.4 Å². The molecule has 0 unspecified atom stereocenters. The molecule has 0 aliphatic carbocycles. The summed E-state index contributed by atoms with van der Waals surface area (Å²) in [6.45, 7) is 17.1. The van der Waals surface area contributed by atoms with Crippen molar-refractivity contribution in [2.24, 2.45) is 0 Å². The number of benzene rings is 2. The average Bonchev–Trinajstić information content (AvgIpc) is 2.90. The van der Waals surface area contributed by atoms with Gasteiger partial charge in [0, 0.05) is 66.0 Å². The molecule has 13 heteroatoms. The maximum absolute atomic E-state index is 12.0. The van der Waals surface area contributed by atoms with Gasteiger partial charge in [0.2, 0.25) is 0 Å². The summed E-state index contributed by atoms with van der Waals surface area (Å²) in [7, 11) is 0. The summed E-state index contributed by atoms with van der Waals surface area (Å²) in [5.74, 6) is 0. The minimum absolute atomic E-state index is 0. The van der Waals surface area contributed by atoms with Gasteiger partial charge < -0.3 is 29.5 Å². The van der Waals surface area contributed by atoms with Crippen molar-refractivity contribution in [3.05, 3.63) is 60.1 Å². The number of nitrogens with zero attached hydrogens (tertiary/aromatic N) is 3. The number of hydrogen-bond donors (Lipinski definition) is 1. The summed E-state index contributed by atoms with van der Waals surface area (Å²) in [5, 5.41) is 5.83. The molecule has 2 amide bonds. The zero-order valence-corrected chi connectivity index (χ0v) is 30.7. The number of carbonyl (C=O) groups excluding carboxylic acids is 2. The van der Waals surface area contributed by atoms with Crippen molar-refractivity contribution in [3.8, 4) is 0 Å². The van der Waals surface area contributed by atoms with E-state index in [0.717, 1.165) is 48.5 Å². The molecule has 2 aromatic rings. The van der Waals surface area contributed by atoms with Gasteiger partial charge in [0.1, 0.15) is 11.2 Å². The second-order valence-corrected chi connectivity index (χ2v) is 14.7. The molecule has 0 saturated carbocycles. The summed E-state index contributed by atoms with van der Waals surface area (Å²) >= 11 is 25.6. The normalized spacial score (nSPS) is 15.1. The first kappa shape index (κ1) is 40.7. The van der Waals surface area contributed by atoms with Gasteiger partial charge in [0.15, 0.2) is 0 Å². The molecule has 8 nitrogen and oxygen atoms in total. The van der Waals surface area contributed by atoms with E-state index in [9.17, 15) is 9.59 Å². The number of piperazine rings is 2. The lowest BCUT2D eigenvalue weighted by Gasteiger charge is -2.37. The number of nitrogens with one attached hydrogen (secondary N) is 1. The quantitative estimate of drug-likeness (QED) is 0.229. The molecule has 44 heavy (non-hydrogen) atoms. The Kier molecular flexibility index (Phi) is 17.3. The van der Waals surface area contributed by atoms with Crippen LogP contribution in [-0.4, -0.2) is 85.5 Å². The minimum atomic E-state index is -0.465. The molecule has 2 aliphatic rings. The van der Waals surface area contributed by atoms with Crippen molar-refractivity contribution in [1.29, 1.82) is 0 Å². The third-order valence-corrected chi connectivity index (χ3v) is 8.18. The van der Waals surface area contributed by atoms with Crippen molar-refractivity contribution in [1.82, 2.24) is 15.1 Å². The Hall–Kier alpha value is -1.37. The molecule has 0 atom stereocenters. The zero-order valence-electron chi connectivity index (χ0n) is 25.5. The fourth-order valence-electron chi connectivity index (χ4n) is 3.84. The molecule has 2 fully saturated rings. The summed E-state index contributed by atoms with van der Waals surface area (Å²) in [6, 6.07) is 10.9. The van der Waals surface area contributed by atoms with E-state index in [-0.39, 0.29) is 25.2 Å². The first-order chi connectivity index (χ1) is 19.9. The maximum atomic E-state index is 12.0. The number of rotatable bonds is 1. The molecule has 1 N–H and O–H groups in total. The van der Waals surface area contributed by atoms with Crippen molar-refractivity contribution in [3.63, 3.8) is 0 Å². The van der Waals surface area contributed by atoms with Gasteiger partial charge >= 0.3 is 12.2 Å². The highest BCUT2D eigenvalue weighted by Gasteiger charge is 2.26. The van der Waals surface area contributed by atoms with Gasteiger partial charge in [-0.05, 0) is 101 Å². The van der Waals surface area contributed by atoms with Crippen LogP contribution < -0.4 is 10.2 Å². The van der Waals surface area contributed by atoms with Gasteiger partial charge in [-0.3, -0.25) is 0 Å². The van der Waals surface area contributed by atoms with Crippen LogP contribution in [0.3, 0.4) is 0 Å². The lowest BCUT2D eigenvalue weighted by atomic mass is 10.2. The highest BCUT2D eigenvalue weighted by Crippen LogP contribution is 2.29. The third kappa shape index (κ3) is 15.3. The van der Waals surface area contributed by atoms with E-state index in [1.54, 1.807) is 21.9 Å². The van der Waals surface area contributed by atoms with Crippen molar-refractivity contribution < 1.29 is 19.1 Å². The molecular weight excluding hydrogens is 761 g/mol. The molecule has 248 valence electrons. The van der Waals surface area contributed by atoms with Gasteiger partial charge in [-0.25, -0.2) is 9.59 Å². The fraction of sp³-hybridized carbons (Fsp3) is 0.548. The minimum Gasteiger partial charge on any atom is -0.444 e. The van der Waals surface area contributed by atoms with Crippen molar-refractivity contribution >= 4 is 86.9 Å². The second kappa shape index (κ2) is 18.7. The van der Waals surface area contributed by atoms with Crippen LogP contribution in [0.5, 0.6) is 0 Å². The van der Waals surface area contributed by atoms with Gasteiger partial charge in [0.05, 0.1) is 15.7 Å². The van der Waals surface area contributed by atoms with E-state index in [4.69, 9.17) is 55.9 Å². The molecule has 0 spiro atoms. The fourth-order valence-corrected chi connectivity index (χ4v) is 5.11. The van der Waals surface area contributed by atoms with Crippen molar-refractivity contribution in [2.75, 3.05) is 57.3 Å². The maximum Gasteiger partial charge on any atom is 0.410 e. The first-order valence-electron chi connectivity index (χ1n) is 13.9. The summed E-state index contributed by atoms with van der Waals surface area (Å²) in [6.07, 6.45) is -0.460. The molecule has 2 aromatic carbocycles. The smallest absolute Gasteiger partial charge is 0.410 e. The van der Waals surface area contributed by atoms with Gasteiger partial charge in [-0.2, -0.15) is 0 Å². The molecule has 0 bridgehead atoms. The van der Waals surface area contributed by atoms with Crippen LogP contribution in [0, 0.1) is 3.57 Å². The summed E-state index contributed by atoms with van der Waals surface area (Å²) in [4.78, 5) is 29.1. The Morgan fingerprint density at radius 2 is 1.14 bits per heavy atom. The van der Waals surface area contributed by atoms with Gasteiger partial charge in [-0.1, -0.05) is 53.8 Å². The molecule has 2 saturated heterocycles. The van der Waals surface area contributed by atoms with Crippen molar-refractivity contribution in [2.45, 2.75) is 60.2 Å². The Morgan fingerprint density at radius 3 is 1.55 bits per heavy atom. The average molecular weight is 806 g/mol. The molecule has 2 heterocycles. The summed E-state index contributed by atoms with van der Waals surface area (Å²) < 4.78 is 11.6. The Morgan fingerprint density at radius 1 is 0.705 bits per heavy atom. The SMILES string of the molecule is C.CC(C)(C)OC(=O)N1CCN(c2ccc(Cl)cc2Cl)CC1.CC(C)(C)OC(=O)N1CCNCC1.Clc1ccc(I)c(Cl)c1. The first-order valence-corrected chi connectivity index (χ1v) is 16.5. The van der Waals surface area contributed by atoms with E-state index in [2.05, 4.69) is 32.8 Å². The summed E-state index contributed by atoms with van der Waals surface area (Å²) in [5.41, 5.74) is 0.0975. The number of anilines is 1. The van der Waals surface area contributed by atoms with E-state index < -0.39 is 5.60 Å². The molecule has 0 radical (unpaired) electrons. The predicted molar refractivity (Wildman–Crippen MR) is 193 cm³/mol. The van der Waals surface area contributed by atoms with Crippen LogP contribution in [0.2, 0.25) is 20.1 Å². The molecular formula is C31H45Cl4IN4O4. The van der Waals surface area contributed by atoms with E-state index in [1.165, 1.54) is 0 Å².